The van der Waals surface area contributed by atoms with Gasteiger partial charge < -0.3 is 9.32 Å². The SMILES string of the molecule is c1cc(-c2ccc3c(c2)sc2ccccc23)cc(N(Cc2ccccc2-c2ccc3c(c2)oc2ccccc23)c2ccc(-c3ccc4ccccc4c3)cc2)c1. The van der Waals surface area contributed by atoms with Crippen molar-refractivity contribution in [2.45, 2.75) is 6.54 Å². The largest absolute Gasteiger partial charge is 0.456 e. The van der Waals surface area contributed by atoms with Crippen molar-refractivity contribution >= 4 is 75.6 Å². The minimum Gasteiger partial charge on any atom is -0.456 e. The van der Waals surface area contributed by atoms with Gasteiger partial charge in [0.15, 0.2) is 0 Å². The van der Waals surface area contributed by atoms with Crippen LogP contribution in [0.15, 0.2) is 205 Å². The smallest absolute Gasteiger partial charge is 0.136 e. The molecule has 11 aromatic rings. The molecule has 9 aromatic carbocycles. The lowest BCUT2D eigenvalue weighted by Crippen LogP contribution is -2.17. The first-order valence-electron chi connectivity index (χ1n) is 19.1. The van der Waals surface area contributed by atoms with Gasteiger partial charge in [0, 0.05) is 48.9 Å². The van der Waals surface area contributed by atoms with Crippen LogP contribution < -0.4 is 4.90 Å². The standard InChI is InChI=1S/C53H35NOS/c1-2-11-37-30-39(21-20-35(37)10-1)36-22-26-43(27-23-36)54(44-14-9-13-38(31-44)40-24-29-49-48-17-6-8-19-52(48)56-53(49)33-40)34-42-12-3-4-15-45(42)41-25-28-47-46-16-5-7-18-50(46)55-51(47)32-41/h1-33H,34H2. The monoisotopic (exact) mass is 733 g/mol. The number of rotatable bonds is 7. The Balaban J connectivity index is 1.00. The van der Waals surface area contributed by atoms with Crippen LogP contribution in [0.4, 0.5) is 11.4 Å². The highest BCUT2D eigenvalue weighted by Gasteiger charge is 2.17. The quantitative estimate of drug-likeness (QED) is 0.162. The van der Waals surface area contributed by atoms with Crippen molar-refractivity contribution in [3.63, 3.8) is 0 Å². The van der Waals surface area contributed by atoms with Gasteiger partial charge in [0.2, 0.25) is 0 Å². The lowest BCUT2D eigenvalue weighted by atomic mass is 9.97. The number of furan rings is 1. The lowest BCUT2D eigenvalue weighted by molar-refractivity contribution is 0.669. The van der Waals surface area contributed by atoms with E-state index in [1.54, 1.807) is 0 Å². The molecule has 2 nitrogen and oxygen atoms in total. The number of para-hydroxylation sites is 1. The highest BCUT2D eigenvalue weighted by molar-refractivity contribution is 7.25. The number of anilines is 2. The van der Waals surface area contributed by atoms with Crippen molar-refractivity contribution in [3.05, 3.63) is 206 Å². The van der Waals surface area contributed by atoms with Crippen LogP contribution >= 0.6 is 11.3 Å². The van der Waals surface area contributed by atoms with Gasteiger partial charge in [-0.2, -0.15) is 0 Å². The Bertz CT molecular complexity index is 3240. The first kappa shape index (κ1) is 32.5. The molecule has 0 aliphatic heterocycles. The van der Waals surface area contributed by atoms with E-state index in [0.29, 0.717) is 6.54 Å². The second-order valence-corrected chi connectivity index (χ2v) is 15.6. The summed E-state index contributed by atoms with van der Waals surface area (Å²) in [5.41, 5.74) is 12.5. The average Bonchev–Trinajstić information content (AvgIpc) is 3.83. The highest BCUT2D eigenvalue weighted by Crippen LogP contribution is 2.40. The van der Waals surface area contributed by atoms with Gasteiger partial charge in [-0.05, 0) is 110 Å². The summed E-state index contributed by atoms with van der Waals surface area (Å²) in [4.78, 5) is 2.45. The molecule has 0 atom stereocenters. The van der Waals surface area contributed by atoms with Crippen molar-refractivity contribution in [2.75, 3.05) is 4.90 Å². The third-order valence-corrected chi connectivity index (χ3v) is 12.3. The van der Waals surface area contributed by atoms with Crippen molar-refractivity contribution in [1.82, 2.24) is 0 Å². The van der Waals surface area contributed by atoms with Gasteiger partial charge in [0.1, 0.15) is 11.2 Å². The molecule has 2 aromatic heterocycles. The summed E-state index contributed by atoms with van der Waals surface area (Å²) in [5.74, 6) is 0. The van der Waals surface area contributed by atoms with Crippen LogP contribution in [0.1, 0.15) is 5.56 Å². The number of hydrogen-bond acceptors (Lipinski definition) is 3. The zero-order valence-corrected chi connectivity index (χ0v) is 31.3. The van der Waals surface area contributed by atoms with E-state index in [0.717, 1.165) is 38.9 Å². The molecule has 3 heteroatoms. The first-order chi connectivity index (χ1) is 27.7. The van der Waals surface area contributed by atoms with Crippen LogP contribution in [0, 0.1) is 0 Å². The van der Waals surface area contributed by atoms with E-state index in [2.05, 4.69) is 193 Å². The van der Waals surface area contributed by atoms with E-state index in [-0.39, 0.29) is 0 Å². The van der Waals surface area contributed by atoms with Gasteiger partial charge in [0.25, 0.3) is 0 Å². The predicted octanol–water partition coefficient (Wildman–Crippen LogP) is 15.4. The van der Waals surface area contributed by atoms with Gasteiger partial charge in [-0.25, -0.2) is 0 Å². The predicted molar refractivity (Wildman–Crippen MR) is 239 cm³/mol. The van der Waals surface area contributed by atoms with Gasteiger partial charge in [-0.3, -0.25) is 0 Å². The molecule has 0 spiro atoms. The average molecular weight is 734 g/mol. The molecule has 0 aliphatic rings. The van der Waals surface area contributed by atoms with Gasteiger partial charge in [-0.15, -0.1) is 11.3 Å². The molecule has 264 valence electrons. The summed E-state index contributed by atoms with van der Waals surface area (Å²) in [6.07, 6.45) is 0. The number of hydrogen-bond donors (Lipinski definition) is 0. The van der Waals surface area contributed by atoms with Gasteiger partial charge in [-0.1, -0.05) is 140 Å². The molecule has 0 saturated carbocycles. The fourth-order valence-corrected chi connectivity index (χ4v) is 9.44. The van der Waals surface area contributed by atoms with Crippen LogP contribution in [0.5, 0.6) is 0 Å². The van der Waals surface area contributed by atoms with Crippen molar-refractivity contribution < 1.29 is 4.42 Å². The second kappa shape index (κ2) is 13.4. The molecular formula is C53H35NOS. The molecule has 11 rings (SSSR count). The lowest BCUT2D eigenvalue weighted by Gasteiger charge is -2.27. The Hall–Kier alpha value is -6.94. The van der Waals surface area contributed by atoms with Crippen molar-refractivity contribution in [2.24, 2.45) is 0 Å². The molecular weight excluding hydrogens is 699 g/mol. The van der Waals surface area contributed by atoms with Crippen molar-refractivity contribution in [1.29, 1.82) is 0 Å². The van der Waals surface area contributed by atoms with Gasteiger partial charge >= 0.3 is 0 Å². The van der Waals surface area contributed by atoms with E-state index in [1.165, 1.54) is 64.3 Å². The highest BCUT2D eigenvalue weighted by atomic mass is 32.1. The van der Waals surface area contributed by atoms with Crippen LogP contribution in [0.2, 0.25) is 0 Å². The molecule has 0 unspecified atom stereocenters. The molecule has 56 heavy (non-hydrogen) atoms. The van der Waals surface area contributed by atoms with Crippen LogP contribution in [0.25, 0.3) is 86.3 Å². The zero-order valence-electron chi connectivity index (χ0n) is 30.5. The Kier molecular flexibility index (Phi) is 7.78. The minimum atomic E-state index is 0.683. The fraction of sp³-hybridized carbons (Fsp3) is 0.0189. The number of thiophene rings is 1. The third-order valence-electron chi connectivity index (χ3n) is 11.2. The normalized spacial score (nSPS) is 11.6. The van der Waals surface area contributed by atoms with Crippen LogP contribution in [0.3, 0.4) is 0 Å². The first-order valence-corrected chi connectivity index (χ1v) is 19.9. The number of nitrogens with zero attached hydrogens (tertiary/aromatic N) is 1. The van der Waals surface area contributed by atoms with E-state index in [9.17, 15) is 0 Å². The molecule has 0 saturated heterocycles. The second-order valence-electron chi connectivity index (χ2n) is 14.5. The summed E-state index contributed by atoms with van der Waals surface area (Å²) in [6, 6.07) is 72.6. The topological polar surface area (TPSA) is 16.4 Å². The maximum absolute atomic E-state index is 6.33. The summed E-state index contributed by atoms with van der Waals surface area (Å²) < 4.78 is 8.97. The van der Waals surface area contributed by atoms with Crippen LogP contribution in [-0.4, -0.2) is 0 Å². The fourth-order valence-electron chi connectivity index (χ4n) is 8.30. The number of fused-ring (bicyclic) bond motifs is 7. The summed E-state index contributed by atoms with van der Waals surface area (Å²) >= 11 is 1.86. The van der Waals surface area contributed by atoms with E-state index in [4.69, 9.17) is 4.42 Å². The molecule has 0 bridgehead atoms. The van der Waals surface area contributed by atoms with E-state index < -0.39 is 0 Å². The van der Waals surface area contributed by atoms with E-state index >= 15 is 0 Å². The maximum Gasteiger partial charge on any atom is 0.136 e. The molecule has 0 amide bonds. The van der Waals surface area contributed by atoms with Gasteiger partial charge in [0.05, 0.1) is 0 Å². The Morgan fingerprint density at radius 1 is 0.375 bits per heavy atom. The van der Waals surface area contributed by atoms with Crippen molar-refractivity contribution in [3.8, 4) is 33.4 Å². The number of benzene rings is 9. The Morgan fingerprint density at radius 3 is 1.96 bits per heavy atom. The molecule has 0 radical (unpaired) electrons. The molecule has 2 heterocycles. The zero-order chi connectivity index (χ0) is 37.0. The summed E-state index contributed by atoms with van der Waals surface area (Å²) in [5, 5.41) is 7.43. The molecule has 0 N–H and O–H groups in total. The Labute approximate surface area is 329 Å². The third kappa shape index (κ3) is 5.72. The maximum atomic E-state index is 6.33. The minimum absolute atomic E-state index is 0.683. The summed E-state index contributed by atoms with van der Waals surface area (Å²) in [6.45, 7) is 0.683. The van der Waals surface area contributed by atoms with E-state index in [1.807, 2.05) is 23.5 Å². The van der Waals surface area contributed by atoms with Crippen LogP contribution in [-0.2, 0) is 6.54 Å². The molecule has 0 aliphatic carbocycles. The Morgan fingerprint density at radius 2 is 1.04 bits per heavy atom. The molecule has 0 fully saturated rings. The summed E-state index contributed by atoms with van der Waals surface area (Å²) in [7, 11) is 0.